The van der Waals surface area contributed by atoms with Crippen molar-refractivity contribution in [2.24, 2.45) is 5.92 Å². The Balaban J connectivity index is 1.16. The molecule has 2 aromatic carbocycles. The lowest BCUT2D eigenvalue weighted by atomic mass is 9.88. The molecular weight excluding hydrogens is 420 g/mol. The van der Waals surface area contributed by atoms with Gasteiger partial charge < -0.3 is 0 Å². The lowest BCUT2D eigenvalue weighted by molar-refractivity contribution is 0.231. The van der Waals surface area contributed by atoms with Gasteiger partial charge in [-0.05, 0) is 54.2 Å². The third-order valence-corrected chi connectivity index (χ3v) is 8.25. The number of hydrogen-bond acceptors (Lipinski definition) is 3. The van der Waals surface area contributed by atoms with Gasteiger partial charge in [-0.15, -0.1) is 11.3 Å². The molecule has 0 bridgehead atoms. The Morgan fingerprint density at radius 3 is 2.36 bits per heavy atom. The number of nitrogens with zero attached hydrogens (tertiary/aromatic N) is 2. The second-order valence-corrected chi connectivity index (χ2v) is 10.8. The van der Waals surface area contributed by atoms with E-state index in [0.29, 0.717) is 11.8 Å². The Hall–Kier alpha value is -2.20. The summed E-state index contributed by atoms with van der Waals surface area (Å²) in [6.07, 6.45) is 7.50. The molecule has 0 radical (unpaired) electrons. The minimum Gasteiger partial charge on any atom is -0.299 e. The number of aryl methyl sites for hydroxylation is 1. The summed E-state index contributed by atoms with van der Waals surface area (Å²) < 4.78 is 0. The molecule has 0 spiro atoms. The lowest BCUT2D eigenvalue weighted by Crippen LogP contribution is -2.35. The van der Waals surface area contributed by atoms with Crippen LogP contribution in [-0.4, -0.2) is 42.5 Å². The van der Waals surface area contributed by atoms with Gasteiger partial charge >= 0.3 is 0 Å². The van der Waals surface area contributed by atoms with Crippen molar-refractivity contribution < 1.29 is 0 Å². The zero-order valence-corrected chi connectivity index (χ0v) is 20.4. The van der Waals surface area contributed by atoms with Crippen molar-refractivity contribution >= 4 is 11.3 Å². The molecule has 0 unspecified atom stereocenters. The van der Waals surface area contributed by atoms with E-state index in [-0.39, 0.29) is 0 Å². The standard InChI is InChI=1S/C30H36N2S/c1-3-9-25(10-4-1)11-7-12-26-16-18-31(19-17-26)21-28-22-32(23-29-15-8-20-33-29)24-30(28)27-13-5-2-6-14-27/h1-6,8-10,13-16,20,28,30H,7,11-12,17-19,21-24H2/t28-,30+/m0/s1. The summed E-state index contributed by atoms with van der Waals surface area (Å²) in [6.45, 7) is 7.06. The second kappa shape index (κ2) is 11.3. The number of hydrogen-bond donors (Lipinski definition) is 0. The Bertz CT molecular complexity index is 996. The summed E-state index contributed by atoms with van der Waals surface area (Å²) in [5.74, 6) is 1.35. The molecule has 2 aliphatic rings. The molecule has 5 rings (SSSR count). The van der Waals surface area contributed by atoms with E-state index in [1.165, 1.54) is 67.9 Å². The monoisotopic (exact) mass is 456 g/mol. The normalized spacial score (nSPS) is 21.9. The van der Waals surface area contributed by atoms with Gasteiger partial charge in [0.25, 0.3) is 0 Å². The van der Waals surface area contributed by atoms with Gasteiger partial charge in [-0.3, -0.25) is 9.80 Å². The predicted molar refractivity (Wildman–Crippen MR) is 141 cm³/mol. The first kappa shape index (κ1) is 22.6. The van der Waals surface area contributed by atoms with E-state index in [0.717, 1.165) is 13.1 Å². The molecule has 2 nitrogen and oxygen atoms in total. The van der Waals surface area contributed by atoms with Crippen LogP contribution in [0, 0.1) is 5.92 Å². The molecule has 3 heteroatoms. The number of likely N-dealkylation sites (tertiary alicyclic amines) is 1. The molecule has 0 N–H and O–H groups in total. The largest absolute Gasteiger partial charge is 0.299 e. The summed E-state index contributed by atoms with van der Waals surface area (Å²) in [7, 11) is 0. The third-order valence-electron chi connectivity index (χ3n) is 7.39. The molecule has 2 atom stereocenters. The molecule has 0 amide bonds. The van der Waals surface area contributed by atoms with Crippen LogP contribution in [0.5, 0.6) is 0 Å². The Labute approximate surface area is 203 Å². The van der Waals surface area contributed by atoms with Gasteiger partial charge in [0.1, 0.15) is 0 Å². The van der Waals surface area contributed by atoms with Crippen LogP contribution in [0.25, 0.3) is 0 Å². The molecule has 172 valence electrons. The van der Waals surface area contributed by atoms with E-state index < -0.39 is 0 Å². The van der Waals surface area contributed by atoms with E-state index >= 15 is 0 Å². The fourth-order valence-corrected chi connectivity index (χ4v) is 6.36. The minimum absolute atomic E-state index is 0.641. The van der Waals surface area contributed by atoms with Crippen molar-refractivity contribution in [2.45, 2.75) is 38.1 Å². The van der Waals surface area contributed by atoms with Crippen molar-refractivity contribution in [1.29, 1.82) is 0 Å². The van der Waals surface area contributed by atoms with Crippen LogP contribution >= 0.6 is 11.3 Å². The first-order valence-corrected chi connectivity index (χ1v) is 13.5. The van der Waals surface area contributed by atoms with Crippen LogP contribution in [0.4, 0.5) is 0 Å². The highest BCUT2D eigenvalue weighted by atomic mass is 32.1. The number of benzene rings is 2. The molecule has 3 heterocycles. The van der Waals surface area contributed by atoms with Gasteiger partial charge in [-0.1, -0.05) is 78.4 Å². The molecule has 1 fully saturated rings. The molecule has 1 saturated heterocycles. The Morgan fingerprint density at radius 1 is 0.818 bits per heavy atom. The summed E-state index contributed by atoms with van der Waals surface area (Å²) in [6, 6.07) is 26.6. The fraction of sp³-hybridized carbons (Fsp3) is 0.400. The van der Waals surface area contributed by atoms with Gasteiger partial charge in [-0.2, -0.15) is 0 Å². The van der Waals surface area contributed by atoms with Gasteiger partial charge in [-0.25, -0.2) is 0 Å². The molecule has 3 aromatic rings. The van der Waals surface area contributed by atoms with Crippen LogP contribution in [0.2, 0.25) is 0 Å². The highest BCUT2D eigenvalue weighted by Crippen LogP contribution is 2.35. The van der Waals surface area contributed by atoms with Gasteiger partial charge in [0.15, 0.2) is 0 Å². The Morgan fingerprint density at radius 2 is 1.64 bits per heavy atom. The van der Waals surface area contributed by atoms with E-state index in [1.54, 1.807) is 5.57 Å². The zero-order valence-electron chi connectivity index (χ0n) is 19.6. The summed E-state index contributed by atoms with van der Waals surface area (Å²) in [5.41, 5.74) is 4.66. The van der Waals surface area contributed by atoms with Crippen molar-refractivity contribution in [3.8, 4) is 0 Å². The average Bonchev–Trinajstić information content (AvgIpc) is 3.52. The van der Waals surface area contributed by atoms with Crippen LogP contribution in [0.15, 0.2) is 89.8 Å². The van der Waals surface area contributed by atoms with Crippen molar-refractivity contribution in [3.63, 3.8) is 0 Å². The molecule has 33 heavy (non-hydrogen) atoms. The second-order valence-electron chi connectivity index (χ2n) is 9.76. The molecular formula is C30H36N2S. The SMILES string of the molecule is C1=C(CCCc2ccccc2)CCN(C[C@H]2CN(Cc3cccs3)C[C@@H]2c2ccccc2)C1. The van der Waals surface area contributed by atoms with E-state index in [4.69, 9.17) is 0 Å². The topological polar surface area (TPSA) is 6.48 Å². The van der Waals surface area contributed by atoms with Crippen LogP contribution in [0.1, 0.15) is 41.2 Å². The molecule has 0 saturated carbocycles. The van der Waals surface area contributed by atoms with Crippen LogP contribution in [0.3, 0.4) is 0 Å². The fourth-order valence-electron chi connectivity index (χ4n) is 5.62. The first-order chi connectivity index (χ1) is 16.3. The summed E-state index contributed by atoms with van der Waals surface area (Å²) in [4.78, 5) is 6.88. The molecule has 0 aliphatic carbocycles. The molecule has 1 aromatic heterocycles. The Kier molecular flexibility index (Phi) is 7.72. The van der Waals surface area contributed by atoms with Gasteiger partial charge in [0.2, 0.25) is 0 Å². The highest BCUT2D eigenvalue weighted by Gasteiger charge is 2.35. The van der Waals surface area contributed by atoms with Gasteiger partial charge in [0.05, 0.1) is 0 Å². The maximum Gasteiger partial charge on any atom is 0.0328 e. The summed E-state index contributed by atoms with van der Waals surface area (Å²) in [5, 5.41) is 2.20. The van der Waals surface area contributed by atoms with Crippen LogP contribution < -0.4 is 0 Å². The first-order valence-electron chi connectivity index (χ1n) is 12.6. The molecule has 2 aliphatic heterocycles. The summed E-state index contributed by atoms with van der Waals surface area (Å²) >= 11 is 1.89. The smallest absolute Gasteiger partial charge is 0.0328 e. The van der Waals surface area contributed by atoms with E-state index in [2.05, 4.69) is 94.1 Å². The lowest BCUT2D eigenvalue weighted by Gasteiger charge is -2.31. The van der Waals surface area contributed by atoms with Crippen molar-refractivity contribution in [1.82, 2.24) is 9.80 Å². The maximum absolute atomic E-state index is 2.70. The maximum atomic E-state index is 2.70. The number of thiophene rings is 1. The quantitative estimate of drug-likeness (QED) is 0.334. The number of rotatable bonds is 9. The van der Waals surface area contributed by atoms with E-state index in [9.17, 15) is 0 Å². The highest BCUT2D eigenvalue weighted by molar-refractivity contribution is 7.09. The van der Waals surface area contributed by atoms with Crippen molar-refractivity contribution in [3.05, 3.63) is 106 Å². The average molecular weight is 457 g/mol. The predicted octanol–water partition coefficient (Wildman–Crippen LogP) is 6.62. The third kappa shape index (κ3) is 6.23. The van der Waals surface area contributed by atoms with Crippen LogP contribution in [-0.2, 0) is 13.0 Å². The van der Waals surface area contributed by atoms with Crippen molar-refractivity contribution in [2.75, 3.05) is 32.7 Å². The zero-order chi connectivity index (χ0) is 22.3. The van der Waals surface area contributed by atoms with Gasteiger partial charge in [0, 0.05) is 50.1 Å². The minimum atomic E-state index is 0.641. The van der Waals surface area contributed by atoms with E-state index in [1.807, 2.05) is 11.3 Å².